The molecule has 1 atom stereocenters. The predicted molar refractivity (Wildman–Crippen MR) is 73.1 cm³/mol. The fraction of sp³-hybridized carbons (Fsp3) is 0.533. The monoisotopic (exact) mass is 277 g/mol. The molecule has 2 heterocycles. The number of fused-ring (bicyclic) bond motifs is 1. The Balaban J connectivity index is 1.53. The van der Waals surface area contributed by atoms with Crippen molar-refractivity contribution < 1.29 is 19.0 Å². The van der Waals surface area contributed by atoms with E-state index in [4.69, 9.17) is 14.2 Å². The number of nitrogens with one attached hydrogen (secondary N) is 1. The maximum Gasteiger partial charge on any atom is 0.251 e. The van der Waals surface area contributed by atoms with Crippen LogP contribution in [0, 0.1) is 0 Å². The molecule has 1 amide bonds. The zero-order valence-corrected chi connectivity index (χ0v) is 11.8. The number of hydrogen-bond acceptors (Lipinski definition) is 4. The number of ether oxygens (including phenoxy) is 3. The average molecular weight is 277 g/mol. The molecule has 5 heteroatoms. The molecule has 108 valence electrons. The number of rotatable bonds is 5. The van der Waals surface area contributed by atoms with Crippen molar-refractivity contribution in [2.45, 2.75) is 32.0 Å². The third-order valence-electron chi connectivity index (χ3n) is 3.34. The highest BCUT2D eigenvalue weighted by molar-refractivity contribution is 5.82. The van der Waals surface area contributed by atoms with E-state index >= 15 is 0 Å². The van der Waals surface area contributed by atoms with E-state index in [1.807, 2.05) is 12.1 Å². The summed E-state index contributed by atoms with van der Waals surface area (Å²) in [4.78, 5) is 11.4. The molecule has 1 fully saturated rings. The number of carbonyl (C=O) groups is 1. The Morgan fingerprint density at radius 1 is 1.50 bits per heavy atom. The molecule has 0 saturated carbocycles. The first-order chi connectivity index (χ1) is 9.55. The summed E-state index contributed by atoms with van der Waals surface area (Å²) in [6, 6.07) is 5.92. The Hall–Kier alpha value is -1.75. The lowest BCUT2D eigenvalue weighted by Gasteiger charge is -2.18. The topological polar surface area (TPSA) is 60.1 Å². The third kappa shape index (κ3) is 2.88. The van der Waals surface area contributed by atoms with Gasteiger partial charge in [-0.2, -0.15) is 0 Å². The summed E-state index contributed by atoms with van der Waals surface area (Å²) in [6.07, 6.45) is 0.634. The molecule has 1 unspecified atom stereocenters. The second-order valence-corrected chi connectivity index (χ2v) is 5.74. The van der Waals surface area contributed by atoms with Gasteiger partial charge < -0.3 is 19.5 Å². The van der Waals surface area contributed by atoms with Gasteiger partial charge in [0.15, 0.2) is 17.6 Å². The quantitative estimate of drug-likeness (QED) is 0.651. The summed E-state index contributed by atoms with van der Waals surface area (Å²) in [7, 11) is 0. The molecule has 5 nitrogen and oxygen atoms in total. The SMILES string of the molecule is CC1(C)Cc2cccc(OCCNC(=O)C3CO3)c2O1. The molecule has 0 spiro atoms. The normalized spacial score (nSPS) is 21.8. The summed E-state index contributed by atoms with van der Waals surface area (Å²) in [5.74, 6) is 1.50. The van der Waals surface area contributed by atoms with E-state index in [0.717, 1.165) is 17.9 Å². The van der Waals surface area contributed by atoms with E-state index in [1.165, 1.54) is 5.56 Å². The Labute approximate surface area is 118 Å². The Morgan fingerprint density at radius 3 is 3.05 bits per heavy atom. The molecule has 0 radical (unpaired) electrons. The molecule has 1 aromatic carbocycles. The van der Waals surface area contributed by atoms with Gasteiger partial charge in [-0.05, 0) is 19.9 Å². The van der Waals surface area contributed by atoms with Crippen LogP contribution in [0.3, 0.4) is 0 Å². The molecule has 1 N–H and O–H groups in total. The lowest BCUT2D eigenvalue weighted by Crippen LogP contribution is -2.31. The van der Waals surface area contributed by atoms with Gasteiger partial charge in [0.1, 0.15) is 12.2 Å². The van der Waals surface area contributed by atoms with Crippen molar-refractivity contribution in [1.82, 2.24) is 5.32 Å². The molecule has 0 bridgehead atoms. The Bertz CT molecular complexity index is 523. The van der Waals surface area contributed by atoms with Crippen LogP contribution in [0.15, 0.2) is 18.2 Å². The highest BCUT2D eigenvalue weighted by atomic mass is 16.6. The molecule has 1 aromatic rings. The number of amides is 1. The van der Waals surface area contributed by atoms with E-state index in [0.29, 0.717) is 19.8 Å². The van der Waals surface area contributed by atoms with Crippen LogP contribution in [-0.2, 0) is 16.0 Å². The Kier molecular flexibility index (Phi) is 3.30. The fourth-order valence-electron chi connectivity index (χ4n) is 2.35. The number of para-hydroxylation sites is 1. The van der Waals surface area contributed by atoms with E-state index < -0.39 is 0 Å². The number of hydrogen-bond donors (Lipinski definition) is 1. The first-order valence-electron chi connectivity index (χ1n) is 6.88. The number of benzene rings is 1. The van der Waals surface area contributed by atoms with Gasteiger partial charge in [0.25, 0.3) is 5.91 Å². The zero-order chi connectivity index (χ0) is 14.2. The van der Waals surface area contributed by atoms with Crippen LogP contribution in [0.25, 0.3) is 0 Å². The van der Waals surface area contributed by atoms with Crippen molar-refractivity contribution in [2.24, 2.45) is 0 Å². The van der Waals surface area contributed by atoms with Gasteiger partial charge in [-0.25, -0.2) is 0 Å². The van der Waals surface area contributed by atoms with Crippen molar-refractivity contribution in [3.8, 4) is 11.5 Å². The predicted octanol–water partition coefficient (Wildman–Crippen LogP) is 1.29. The minimum Gasteiger partial charge on any atom is -0.488 e. The van der Waals surface area contributed by atoms with E-state index in [1.54, 1.807) is 0 Å². The van der Waals surface area contributed by atoms with Crippen LogP contribution in [-0.4, -0.2) is 37.4 Å². The minimum absolute atomic E-state index is 0.0655. The highest BCUT2D eigenvalue weighted by Crippen LogP contribution is 2.41. The summed E-state index contributed by atoms with van der Waals surface area (Å²) in [5.41, 5.74) is 0.988. The van der Waals surface area contributed by atoms with Crippen molar-refractivity contribution in [1.29, 1.82) is 0 Å². The van der Waals surface area contributed by atoms with Crippen LogP contribution in [0.1, 0.15) is 19.4 Å². The summed E-state index contributed by atoms with van der Waals surface area (Å²) in [5, 5.41) is 2.77. The minimum atomic E-state index is -0.250. The van der Waals surface area contributed by atoms with Gasteiger partial charge in [-0.1, -0.05) is 12.1 Å². The standard InChI is InChI=1S/C15H19NO4/c1-15(2)8-10-4-3-5-11(13(10)20-15)18-7-6-16-14(17)12-9-19-12/h3-5,12H,6-9H2,1-2H3,(H,16,17). The van der Waals surface area contributed by atoms with Crippen LogP contribution in [0.2, 0.25) is 0 Å². The van der Waals surface area contributed by atoms with Gasteiger partial charge in [0.2, 0.25) is 0 Å². The first kappa shape index (κ1) is 13.2. The lowest BCUT2D eigenvalue weighted by molar-refractivity contribution is -0.122. The molecule has 2 aliphatic heterocycles. The lowest BCUT2D eigenvalue weighted by atomic mass is 10.0. The first-order valence-corrected chi connectivity index (χ1v) is 6.88. The molecular weight excluding hydrogens is 258 g/mol. The van der Waals surface area contributed by atoms with Gasteiger partial charge in [0, 0.05) is 12.0 Å². The number of carbonyl (C=O) groups excluding carboxylic acids is 1. The van der Waals surface area contributed by atoms with Crippen molar-refractivity contribution in [2.75, 3.05) is 19.8 Å². The van der Waals surface area contributed by atoms with Crippen LogP contribution >= 0.6 is 0 Å². The van der Waals surface area contributed by atoms with Gasteiger partial charge in [-0.3, -0.25) is 4.79 Å². The second-order valence-electron chi connectivity index (χ2n) is 5.74. The largest absolute Gasteiger partial charge is 0.488 e. The summed E-state index contributed by atoms with van der Waals surface area (Å²) >= 11 is 0. The van der Waals surface area contributed by atoms with Gasteiger partial charge >= 0.3 is 0 Å². The van der Waals surface area contributed by atoms with E-state index in [2.05, 4.69) is 25.2 Å². The fourth-order valence-corrected chi connectivity index (χ4v) is 2.35. The summed E-state index contributed by atoms with van der Waals surface area (Å²) in [6.45, 7) is 5.53. The third-order valence-corrected chi connectivity index (χ3v) is 3.34. The molecule has 3 rings (SSSR count). The van der Waals surface area contributed by atoms with Crippen LogP contribution in [0.5, 0.6) is 11.5 Å². The second kappa shape index (κ2) is 4.98. The smallest absolute Gasteiger partial charge is 0.251 e. The molecule has 0 aromatic heterocycles. The summed E-state index contributed by atoms with van der Waals surface area (Å²) < 4.78 is 16.5. The molecule has 2 aliphatic rings. The highest BCUT2D eigenvalue weighted by Gasteiger charge is 2.32. The molecular formula is C15H19NO4. The molecule has 1 saturated heterocycles. The van der Waals surface area contributed by atoms with Crippen LogP contribution < -0.4 is 14.8 Å². The maximum atomic E-state index is 11.4. The van der Waals surface area contributed by atoms with Crippen molar-refractivity contribution >= 4 is 5.91 Å². The zero-order valence-electron chi connectivity index (χ0n) is 11.8. The van der Waals surface area contributed by atoms with Gasteiger partial charge in [-0.15, -0.1) is 0 Å². The maximum absolute atomic E-state index is 11.4. The average Bonchev–Trinajstić information content (AvgIpc) is 3.17. The van der Waals surface area contributed by atoms with Crippen LogP contribution in [0.4, 0.5) is 0 Å². The molecule has 20 heavy (non-hydrogen) atoms. The molecule has 0 aliphatic carbocycles. The van der Waals surface area contributed by atoms with E-state index in [9.17, 15) is 4.79 Å². The number of epoxide rings is 1. The van der Waals surface area contributed by atoms with Gasteiger partial charge in [0.05, 0.1) is 13.2 Å². The van der Waals surface area contributed by atoms with Crippen molar-refractivity contribution in [3.63, 3.8) is 0 Å². The van der Waals surface area contributed by atoms with Crippen molar-refractivity contribution in [3.05, 3.63) is 23.8 Å². The Morgan fingerprint density at radius 2 is 2.30 bits per heavy atom. The van der Waals surface area contributed by atoms with E-state index in [-0.39, 0.29) is 17.6 Å².